The first-order chi connectivity index (χ1) is 9.51. The van der Waals surface area contributed by atoms with Crippen LogP contribution in [0.15, 0.2) is 12.1 Å². The topological polar surface area (TPSA) is 41.8 Å². The number of fused-ring (bicyclic) bond motifs is 1. The third-order valence-electron chi connectivity index (χ3n) is 3.95. The summed E-state index contributed by atoms with van der Waals surface area (Å²) in [6.07, 6.45) is 0. The van der Waals surface area contributed by atoms with Gasteiger partial charge in [0.25, 0.3) is 11.7 Å². The lowest BCUT2D eigenvalue weighted by molar-refractivity contribution is -0.894. The van der Waals surface area contributed by atoms with Crippen LogP contribution in [0.5, 0.6) is 0 Å². The number of benzene rings is 1. The molecule has 0 radical (unpaired) electrons. The number of anilines is 1. The smallest absolute Gasteiger partial charge is 0.299 e. The SMILES string of the molecule is CC[NH+](CC)CCN1C(=O)C(=O)c2c(Cl)ccc(C)c21. The van der Waals surface area contributed by atoms with Gasteiger partial charge in [0, 0.05) is 0 Å². The lowest BCUT2D eigenvalue weighted by atomic mass is 10.1. The molecule has 0 atom stereocenters. The lowest BCUT2D eigenvalue weighted by Crippen LogP contribution is -3.12. The van der Waals surface area contributed by atoms with E-state index in [4.69, 9.17) is 11.6 Å². The highest BCUT2D eigenvalue weighted by Crippen LogP contribution is 2.36. The van der Waals surface area contributed by atoms with E-state index in [2.05, 4.69) is 13.8 Å². The van der Waals surface area contributed by atoms with E-state index in [9.17, 15) is 9.59 Å². The Labute approximate surface area is 124 Å². The Balaban J connectivity index is 2.31. The van der Waals surface area contributed by atoms with Gasteiger partial charge in [0.2, 0.25) is 0 Å². The highest BCUT2D eigenvalue weighted by atomic mass is 35.5. The molecule has 1 N–H and O–H groups in total. The van der Waals surface area contributed by atoms with E-state index >= 15 is 0 Å². The van der Waals surface area contributed by atoms with Crippen molar-refractivity contribution in [3.05, 3.63) is 28.3 Å². The highest BCUT2D eigenvalue weighted by Gasteiger charge is 2.38. The van der Waals surface area contributed by atoms with Crippen LogP contribution in [0.1, 0.15) is 29.8 Å². The summed E-state index contributed by atoms with van der Waals surface area (Å²) in [7, 11) is 0. The van der Waals surface area contributed by atoms with Gasteiger partial charge < -0.3 is 4.90 Å². The summed E-state index contributed by atoms with van der Waals surface area (Å²) in [5.41, 5.74) is 1.98. The van der Waals surface area contributed by atoms with E-state index in [0.29, 0.717) is 22.8 Å². The molecule has 5 heteroatoms. The number of halogens is 1. The molecule has 0 saturated heterocycles. The van der Waals surface area contributed by atoms with Crippen LogP contribution in [0.25, 0.3) is 0 Å². The van der Waals surface area contributed by atoms with Crippen molar-refractivity contribution in [1.82, 2.24) is 0 Å². The monoisotopic (exact) mass is 295 g/mol. The molecular weight excluding hydrogens is 276 g/mol. The van der Waals surface area contributed by atoms with E-state index in [1.54, 1.807) is 11.0 Å². The third kappa shape index (κ3) is 2.45. The van der Waals surface area contributed by atoms with Crippen LogP contribution in [0.3, 0.4) is 0 Å². The number of aryl methyl sites for hydroxylation is 1. The zero-order chi connectivity index (χ0) is 14.9. The number of amides is 1. The summed E-state index contributed by atoms with van der Waals surface area (Å²) in [5.74, 6) is -0.939. The van der Waals surface area contributed by atoms with Gasteiger partial charge in [0.15, 0.2) is 0 Å². The number of nitrogens with one attached hydrogen (secondary N) is 1. The average Bonchev–Trinajstić information content (AvgIpc) is 2.70. The number of carbonyl (C=O) groups excluding carboxylic acids is 2. The number of nitrogens with zero attached hydrogens (tertiary/aromatic N) is 1. The summed E-state index contributed by atoms with van der Waals surface area (Å²) < 4.78 is 0. The molecule has 0 fully saturated rings. The van der Waals surface area contributed by atoms with Gasteiger partial charge in [-0.05, 0) is 32.4 Å². The largest absolute Gasteiger partial charge is 0.334 e. The molecule has 2 rings (SSSR count). The zero-order valence-corrected chi connectivity index (χ0v) is 12.9. The quantitative estimate of drug-likeness (QED) is 0.827. The van der Waals surface area contributed by atoms with Crippen molar-refractivity contribution in [3.8, 4) is 0 Å². The Hall–Kier alpha value is -1.39. The molecule has 1 heterocycles. The van der Waals surface area contributed by atoms with E-state index in [1.807, 2.05) is 13.0 Å². The minimum absolute atomic E-state index is 0.363. The summed E-state index contributed by atoms with van der Waals surface area (Å²) >= 11 is 6.08. The molecule has 0 aliphatic carbocycles. The number of quaternary nitrogens is 1. The van der Waals surface area contributed by atoms with Crippen LogP contribution in [-0.4, -0.2) is 37.9 Å². The molecule has 0 unspecified atom stereocenters. The maximum absolute atomic E-state index is 12.2. The van der Waals surface area contributed by atoms with Crippen LogP contribution in [0, 0.1) is 6.92 Å². The van der Waals surface area contributed by atoms with Crippen molar-refractivity contribution in [2.75, 3.05) is 31.1 Å². The van der Waals surface area contributed by atoms with E-state index in [0.717, 1.165) is 25.2 Å². The third-order valence-corrected chi connectivity index (χ3v) is 4.27. The van der Waals surface area contributed by atoms with Crippen molar-refractivity contribution >= 4 is 29.0 Å². The standard InChI is InChI=1S/C15H19ClN2O2/c1-4-17(5-2)8-9-18-13-10(3)6-7-11(16)12(13)14(19)15(18)20/h6-7H,4-5,8-9H2,1-3H3/p+1. The van der Waals surface area contributed by atoms with Crippen molar-refractivity contribution in [3.63, 3.8) is 0 Å². The molecule has 1 amide bonds. The average molecular weight is 296 g/mol. The number of hydrogen-bond acceptors (Lipinski definition) is 2. The molecule has 0 spiro atoms. The predicted molar refractivity (Wildman–Crippen MR) is 79.8 cm³/mol. The van der Waals surface area contributed by atoms with Crippen LogP contribution in [-0.2, 0) is 4.79 Å². The molecule has 0 saturated carbocycles. The van der Waals surface area contributed by atoms with Gasteiger partial charge in [-0.1, -0.05) is 17.7 Å². The summed E-state index contributed by atoms with van der Waals surface area (Å²) in [6, 6.07) is 3.53. The lowest BCUT2D eigenvalue weighted by Gasteiger charge is -2.22. The Morgan fingerprint density at radius 3 is 2.45 bits per heavy atom. The van der Waals surface area contributed by atoms with Gasteiger partial charge in [-0.25, -0.2) is 0 Å². The Kier molecular flexibility index (Phi) is 4.45. The second kappa shape index (κ2) is 5.94. The van der Waals surface area contributed by atoms with Crippen molar-refractivity contribution in [1.29, 1.82) is 0 Å². The molecule has 1 aromatic carbocycles. The molecular formula is C15H20ClN2O2+. The molecule has 0 bridgehead atoms. The van der Waals surface area contributed by atoms with Crippen LogP contribution in [0.4, 0.5) is 5.69 Å². The van der Waals surface area contributed by atoms with Crippen LogP contribution < -0.4 is 9.80 Å². The molecule has 0 aromatic heterocycles. The van der Waals surface area contributed by atoms with Crippen LogP contribution in [0.2, 0.25) is 5.02 Å². The maximum Gasteiger partial charge on any atom is 0.299 e. The first-order valence-corrected chi connectivity index (χ1v) is 7.37. The normalized spacial score (nSPS) is 14.3. The molecule has 20 heavy (non-hydrogen) atoms. The number of carbonyl (C=O) groups is 2. The number of likely N-dealkylation sites (N-methyl/N-ethyl adjacent to an activating group) is 1. The zero-order valence-electron chi connectivity index (χ0n) is 12.1. The molecule has 1 aliphatic rings. The van der Waals surface area contributed by atoms with Crippen molar-refractivity contribution in [2.45, 2.75) is 20.8 Å². The molecule has 108 valence electrons. The Morgan fingerprint density at radius 2 is 1.85 bits per heavy atom. The van der Waals surface area contributed by atoms with Gasteiger partial charge >= 0.3 is 0 Å². The number of ketones is 1. The first kappa shape index (κ1) is 15.0. The second-order valence-electron chi connectivity index (χ2n) is 5.08. The first-order valence-electron chi connectivity index (χ1n) is 7.00. The number of rotatable bonds is 5. The molecule has 4 nitrogen and oxygen atoms in total. The predicted octanol–water partition coefficient (Wildman–Crippen LogP) is 1.10. The summed E-state index contributed by atoms with van der Waals surface area (Å²) in [6.45, 7) is 9.53. The molecule has 1 aliphatic heterocycles. The highest BCUT2D eigenvalue weighted by molar-refractivity contribution is 6.55. The fourth-order valence-electron chi connectivity index (χ4n) is 2.65. The van der Waals surface area contributed by atoms with Gasteiger partial charge in [-0.2, -0.15) is 0 Å². The number of Topliss-reactive ketones (excluding diaryl/α,β-unsaturated/α-hetero) is 1. The summed E-state index contributed by atoms with van der Waals surface area (Å²) in [5, 5.41) is 0.363. The van der Waals surface area contributed by atoms with Crippen molar-refractivity contribution < 1.29 is 14.5 Å². The van der Waals surface area contributed by atoms with Gasteiger partial charge in [-0.15, -0.1) is 0 Å². The fraction of sp³-hybridized carbons (Fsp3) is 0.467. The second-order valence-corrected chi connectivity index (χ2v) is 5.49. The molecule has 1 aromatic rings. The number of hydrogen-bond donors (Lipinski definition) is 1. The van der Waals surface area contributed by atoms with Gasteiger partial charge in [-0.3, -0.25) is 14.5 Å². The Bertz CT molecular complexity index is 553. The van der Waals surface area contributed by atoms with E-state index in [1.165, 1.54) is 4.90 Å². The fourth-order valence-corrected chi connectivity index (χ4v) is 2.89. The van der Waals surface area contributed by atoms with Gasteiger partial charge in [0.05, 0.1) is 42.5 Å². The minimum Gasteiger partial charge on any atom is -0.334 e. The summed E-state index contributed by atoms with van der Waals surface area (Å²) in [4.78, 5) is 27.2. The minimum atomic E-state index is -0.483. The van der Waals surface area contributed by atoms with E-state index < -0.39 is 11.7 Å². The van der Waals surface area contributed by atoms with Crippen LogP contribution >= 0.6 is 11.6 Å². The Morgan fingerprint density at radius 1 is 1.20 bits per heavy atom. The maximum atomic E-state index is 12.2. The van der Waals surface area contributed by atoms with E-state index in [-0.39, 0.29) is 0 Å². The van der Waals surface area contributed by atoms with Crippen molar-refractivity contribution in [2.24, 2.45) is 0 Å². The van der Waals surface area contributed by atoms with Gasteiger partial charge in [0.1, 0.15) is 0 Å².